The lowest BCUT2D eigenvalue weighted by Gasteiger charge is -2.17. The van der Waals surface area contributed by atoms with Crippen LogP contribution in [-0.2, 0) is 0 Å². The Balaban J connectivity index is 2.84. The highest BCUT2D eigenvalue weighted by atomic mass is 35.5. The molecule has 1 atom stereocenters. The van der Waals surface area contributed by atoms with Gasteiger partial charge in [0, 0.05) is 6.04 Å². The summed E-state index contributed by atoms with van der Waals surface area (Å²) in [6, 6.07) is 3.57. The van der Waals surface area contributed by atoms with Crippen molar-refractivity contribution in [3.05, 3.63) is 22.8 Å². The predicted molar refractivity (Wildman–Crippen MR) is 68.8 cm³/mol. The molecule has 0 aliphatic heterocycles. The monoisotopic (exact) mass is 256 g/mol. The predicted octanol–water partition coefficient (Wildman–Crippen LogP) is 3.42. The van der Waals surface area contributed by atoms with Crippen molar-refractivity contribution < 1.29 is 9.90 Å². The first-order valence-electron chi connectivity index (χ1n) is 5.74. The maximum Gasteiger partial charge on any atom is 0.356 e. The van der Waals surface area contributed by atoms with Crippen LogP contribution in [0, 0.1) is 0 Å². The molecule has 5 heteroatoms. The zero-order valence-corrected chi connectivity index (χ0v) is 10.8. The Morgan fingerprint density at radius 3 is 2.76 bits per heavy atom. The number of rotatable bonds is 6. The van der Waals surface area contributed by atoms with Crippen molar-refractivity contribution in [1.29, 1.82) is 0 Å². The van der Waals surface area contributed by atoms with Crippen molar-refractivity contribution in [1.82, 2.24) is 4.98 Å². The molecule has 2 N–H and O–H groups in total. The maximum absolute atomic E-state index is 10.9. The fourth-order valence-corrected chi connectivity index (χ4v) is 1.79. The summed E-state index contributed by atoms with van der Waals surface area (Å²) in [6.07, 6.45) is 3.08. The lowest BCUT2D eigenvalue weighted by molar-refractivity contribution is 0.0691. The van der Waals surface area contributed by atoms with Crippen LogP contribution in [0.3, 0.4) is 0 Å². The van der Waals surface area contributed by atoms with Crippen molar-refractivity contribution in [3.8, 4) is 0 Å². The normalized spacial score (nSPS) is 12.2. The molecular formula is C12H17ClN2O2. The summed E-state index contributed by atoms with van der Waals surface area (Å²) < 4.78 is 0. The van der Waals surface area contributed by atoms with E-state index in [0.717, 1.165) is 19.3 Å². The quantitative estimate of drug-likeness (QED) is 0.819. The number of pyridine rings is 1. The second kappa shape index (κ2) is 6.45. The summed E-state index contributed by atoms with van der Waals surface area (Å²) in [5.74, 6) is -0.547. The molecule has 0 saturated carbocycles. The molecule has 94 valence electrons. The van der Waals surface area contributed by atoms with Crippen LogP contribution in [0.2, 0.25) is 5.02 Å². The van der Waals surface area contributed by atoms with Crippen molar-refractivity contribution in [2.45, 2.75) is 39.2 Å². The van der Waals surface area contributed by atoms with E-state index in [9.17, 15) is 4.79 Å². The van der Waals surface area contributed by atoms with Gasteiger partial charge in [-0.1, -0.05) is 31.9 Å². The van der Waals surface area contributed by atoms with Gasteiger partial charge in [0.1, 0.15) is 5.82 Å². The molecule has 1 aromatic heterocycles. The summed E-state index contributed by atoms with van der Waals surface area (Å²) >= 11 is 5.75. The number of hydrogen-bond acceptors (Lipinski definition) is 3. The molecule has 0 aliphatic carbocycles. The van der Waals surface area contributed by atoms with Gasteiger partial charge in [0.25, 0.3) is 0 Å². The minimum atomic E-state index is -1.11. The Morgan fingerprint density at radius 2 is 2.24 bits per heavy atom. The summed E-state index contributed by atoms with van der Waals surface area (Å²) in [6.45, 7) is 4.20. The van der Waals surface area contributed by atoms with Gasteiger partial charge >= 0.3 is 5.97 Å². The van der Waals surface area contributed by atoms with E-state index in [1.807, 2.05) is 0 Å². The number of carboxylic acids is 1. The minimum absolute atomic E-state index is 0.108. The number of aromatic nitrogens is 1. The maximum atomic E-state index is 10.9. The first-order chi connectivity index (χ1) is 8.08. The second-order valence-corrected chi connectivity index (χ2v) is 4.28. The minimum Gasteiger partial charge on any atom is -0.476 e. The molecule has 1 unspecified atom stereocenters. The zero-order valence-electron chi connectivity index (χ0n) is 10.0. The van der Waals surface area contributed by atoms with Crippen molar-refractivity contribution in [3.63, 3.8) is 0 Å². The highest BCUT2D eigenvalue weighted by Crippen LogP contribution is 2.18. The number of carbonyl (C=O) groups is 1. The van der Waals surface area contributed by atoms with E-state index in [1.165, 1.54) is 0 Å². The van der Waals surface area contributed by atoms with Gasteiger partial charge in [0.15, 0.2) is 5.69 Å². The molecular weight excluding hydrogens is 240 g/mol. The molecule has 1 rings (SSSR count). The van der Waals surface area contributed by atoms with E-state index >= 15 is 0 Å². The highest BCUT2D eigenvalue weighted by Gasteiger charge is 2.13. The third-order valence-electron chi connectivity index (χ3n) is 2.53. The Bertz CT molecular complexity index is 396. The number of carboxylic acid groups (broad SMARTS) is 1. The zero-order chi connectivity index (χ0) is 12.8. The number of nitrogens with zero attached hydrogens (tertiary/aromatic N) is 1. The molecule has 0 aromatic carbocycles. The molecule has 0 aliphatic rings. The highest BCUT2D eigenvalue weighted by molar-refractivity contribution is 6.33. The first-order valence-corrected chi connectivity index (χ1v) is 6.12. The fraction of sp³-hybridized carbons (Fsp3) is 0.500. The van der Waals surface area contributed by atoms with Gasteiger partial charge < -0.3 is 10.4 Å². The number of halogens is 1. The van der Waals surface area contributed by atoms with Gasteiger partial charge in [-0.3, -0.25) is 0 Å². The molecule has 0 fully saturated rings. The van der Waals surface area contributed by atoms with E-state index in [-0.39, 0.29) is 10.7 Å². The smallest absolute Gasteiger partial charge is 0.356 e. The van der Waals surface area contributed by atoms with E-state index < -0.39 is 5.97 Å². The third-order valence-corrected chi connectivity index (χ3v) is 2.84. The molecule has 0 spiro atoms. The summed E-state index contributed by atoms with van der Waals surface area (Å²) in [7, 11) is 0. The number of anilines is 1. The Hall–Kier alpha value is -1.29. The van der Waals surface area contributed by atoms with E-state index in [0.29, 0.717) is 11.9 Å². The topological polar surface area (TPSA) is 62.2 Å². The molecule has 0 saturated heterocycles. The van der Waals surface area contributed by atoms with Gasteiger partial charge in [-0.05, 0) is 25.0 Å². The Kier molecular flexibility index (Phi) is 5.22. The summed E-state index contributed by atoms with van der Waals surface area (Å²) in [5, 5.41) is 12.3. The lowest BCUT2D eigenvalue weighted by atomic mass is 10.1. The second-order valence-electron chi connectivity index (χ2n) is 3.87. The van der Waals surface area contributed by atoms with Gasteiger partial charge in [0.05, 0.1) is 5.02 Å². The van der Waals surface area contributed by atoms with Crippen LogP contribution in [0.4, 0.5) is 5.82 Å². The van der Waals surface area contributed by atoms with Crippen LogP contribution >= 0.6 is 11.6 Å². The Labute approximate surface area is 106 Å². The first kappa shape index (κ1) is 13.8. The third kappa shape index (κ3) is 3.89. The van der Waals surface area contributed by atoms with E-state index in [2.05, 4.69) is 24.1 Å². The van der Waals surface area contributed by atoms with Crippen LogP contribution < -0.4 is 5.32 Å². The van der Waals surface area contributed by atoms with Crippen molar-refractivity contribution >= 4 is 23.4 Å². The van der Waals surface area contributed by atoms with Gasteiger partial charge in [-0.25, -0.2) is 9.78 Å². The van der Waals surface area contributed by atoms with Crippen LogP contribution in [-0.4, -0.2) is 22.1 Å². The lowest BCUT2D eigenvalue weighted by Crippen LogP contribution is -2.19. The fourth-order valence-electron chi connectivity index (χ4n) is 1.61. The number of nitrogens with one attached hydrogen (secondary N) is 1. The van der Waals surface area contributed by atoms with Crippen LogP contribution in [0.1, 0.15) is 43.6 Å². The largest absolute Gasteiger partial charge is 0.476 e. The average Bonchev–Trinajstić information content (AvgIpc) is 2.30. The summed E-state index contributed by atoms with van der Waals surface area (Å²) in [4.78, 5) is 14.9. The number of aromatic carboxylic acids is 1. The van der Waals surface area contributed by atoms with Gasteiger partial charge in [-0.2, -0.15) is 0 Å². The van der Waals surface area contributed by atoms with Crippen molar-refractivity contribution in [2.75, 3.05) is 5.32 Å². The van der Waals surface area contributed by atoms with Gasteiger partial charge in [-0.15, -0.1) is 0 Å². The standard InChI is InChI=1S/C12H17ClN2O2/c1-3-5-8(4-2)14-10-7-6-9(13)11(15-10)12(16)17/h6-8H,3-5H2,1-2H3,(H,14,15)(H,16,17). The van der Waals surface area contributed by atoms with E-state index in [1.54, 1.807) is 12.1 Å². The number of hydrogen-bond donors (Lipinski definition) is 2. The molecule has 4 nitrogen and oxygen atoms in total. The van der Waals surface area contributed by atoms with Crippen LogP contribution in [0.15, 0.2) is 12.1 Å². The van der Waals surface area contributed by atoms with E-state index in [4.69, 9.17) is 16.7 Å². The Morgan fingerprint density at radius 1 is 1.53 bits per heavy atom. The molecule has 17 heavy (non-hydrogen) atoms. The molecule has 0 bridgehead atoms. The van der Waals surface area contributed by atoms with Crippen LogP contribution in [0.25, 0.3) is 0 Å². The van der Waals surface area contributed by atoms with Gasteiger partial charge in [0.2, 0.25) is 0 Å². The molecule has 0 amide bonds. The summed E-state index contributed by atoms with van der Waals surface area (Å²) in [5.41, 5.74) is -0.108. The molecule has 1 heterocycles. The SMILES string of the molecule is CCCC(CC)Nc1ccc(Cl)c(C(=O)O)n1. The molecule has 0 radical (unpaired) electrons. The van der Waals surface area contributed by atoms with Crippen molar-refractivity contribution in [2.24, 2.45) is 0 Å². The van der Waals surface area contributed by atoms with Crippen LogP contribution in [0.5, 0.6) is 0 Å². The molecule has 1 aromatic rings. The average molecular weight is 257 g/mol.